The summed E-state index contributed by atoms with van der Waals surface area (Å²) in [5, 5.41) is 13.0. The van der Waals surface area contributed by atoms with E-state index in [0.717, 1.165) is 35.5 Å². The summed E-state index contributed by atoms with van der Waals surface area (Å²) in [6.07, 6.45) is 16.9. The number of hydrogen-bond acceptors (Lipinski definition) is 5. The number of anilines is 2. The minimum Gasteiger partial charge on any atom is -0.337 e. The zero-order valence-electron chi connectivity index (χ0n) is 16.0. The van der Waals surface area contributed by atoms with Crippen molar-refractivity contribution in [3.63, 3.8) is 0 Å². The Kier molecular flexibility index (Phi) is 4.57. The summed E-state index contributed by atoms with van der Waals surface area (Å²) in [4.78, 5) is 21.4. The summed E-state index contributed by atoms with van der Waals surface area (Å²) < 4.78 is 1.95. The molecule has 8 nitrogen and oxygen atoms in total. The summed E-state index contributed by atoms with van der Waals surface area (Å²) in [6.45, 7) is 0. The Hall–Kier alpha value is -4.20. The number of amides is 1. The van der Waals surface area contributed by atoms with Gasteiger partial charge in [0.15, 0.2) is 11.5 Å². The van der Waals surface area contributed by atoms with Crippen LogP contribution < -0.4 is 10.6 Å². The number of aromatic nitrogens is 5. The first-order chi connectivity index (χ1) is 14.8. The van der Waals surface area contributed by atoms with E-state index in [1.807, 2.05) is 41.1 Å². The summed E-state index contributed by atoms with van der Waals surface area (Å²) in [5.41, 5.74) is 4.77. The number of imidazole rings is 1. The molecule has 3 aromatic heterocycles. The molecule has 0 saturated heterocycles. The number of H-pyrrole nitrogens is 1. The third-order valence-electron chi connectivity index (χ3n) is 4.88. The molecule has 1 aromatic carbocycles. The van der Waals surface area contributed by atoms with Gasteiger partial charge in [0.2, 0.25) is 0 Å². The second-order valence-electron chi connectivity index (χ2n) is 6.90. The molecule has 8 heteroatoms. The van der Waals surface area contributed by atoms with Gasteiger partial charge in [0.1, 0.15) is 0 Å². The zero-order valence-corrected chi connectivity index (χ0v) is 16.0. The lowest BCUT2D eigenvalue weighted by atomic mass is 10.1. The lowest BCUT2D eigenvalue weighted by molar-refractivity contribution is 0.0967. The van der Waals surface area contributed by atoms with Gasteiger partial charge in [-0.15, -0.1) is 0 Å². The molecule has 0 bridgehead atoms. The van der Waals surface area contributed by atoms with E-state index < -0.39 is 0 Å². The first kappa shape index (κ1) is 17.9. The minimum atomic E-state index is -0.127. The summed E-state index contributed by atoms with van der Waals surface area (Å²) in [7, 11) is 0. The fourth-order valence-corrected chi connectivity index (χ4v) is 3.36. The number of fused-ring (bicyclic) bond motifs is 1. The molecule has 0 saturated carbocycles. The molecule has 1 amide bonds. The highest BCUT2D eigenvalue weighted by atomic mass is 16.1. The van der Waals surface area contributed by atoms with Crippen LogP contribution in [0.1, 0.15) is 23.2 Å². The highest BCUT2D eigenvalue weighted by molar-refractivity contribution is 5.96. The summed E-state index contributed by atoms with van der Waals surface area (Å²) >= 11 is 0. The van der Waals surface area contributed by atoms with Gasteiger partial charge in [-0.25, -0.2) is 9.97 Å². The number of hydrogen-bond donors (Lipinski definition) is 3. The van der Waals surface area contributed by atoms with Crippen molar-refractivity contribution in [1.82, 2.24) is 29.9 Å². The first-order valence-corrected chi connectivity index (χ1v) is 9.64. The van der Waals surface area contributed by atoms with E-state index in [1.165, 1.54) is 0 Å². The van der Waals surface area contributed by atoms with Gasteiger partial charge in [-0.3, -0.25) is 14.3 Å². The molecule has 0 fully saturated rings. The summed E-state index contributed by atoms with van der Waals surface area (Å²) in [6, 6.07) is 7.27. The van der Waals surface area contributed by atoms with E-state index in [0.29, 0.717) is 17.0 Å². The van der Waals surface area contributed by atoms with E-state index in [-0.39, 0.29) is 5.91 Å². The Morgan fingerprint density at radius 3 is 2.77 bits per heavy atom. The number of carbonyl (C=O) groups is 1. The fraction of sp³-hybridized carbons (Fsp3) is 0.0909. The van der Waals surface area contributed by atoms with Crippen molar-refractivity contribution in [2.24, 2.45) is 0 Å². The van der Waals surface area contributed by atoms with Crippen molar-refractivity contribution in [1.29, 1.82) is 0 Å². The molecule has 1 aliphatic rings. The number of nitrogens with one attached hydrogen (secondary N) is 3. The molecule has 3 heterocycles. The normalized spacial score (nSPS) is 13.3. The maximum Gasteiger partial charge on any atom is 0.255 e. The van der Waals surface area contributed by atoms with Crippen LogP contribution >= 0.6 is 0 Å². The Morgan fingerprint density at radius 2 is 2.00 bits per heavy atom. The van der Waals surface area contributed by atoms with E-state index in [2.05, 4.69) is 36.9 Å². The van der Waals surface area contributed by atoms with Gasteiger partial charge in [0, 0.05) is 41.1 Å². The Labute approximate surface area is 172 Å². The molecule has 30 heavy (non-hydrogen) atoms. The highest BCUT2D eigenvalue weighted by Crippen LogP contribution is 2.24. The van der Waals surface area contributed by atoms with Crippen LogP contribution in [0.5, 0.6) is 0 Å². The number of allylic oxidation sites excluding steroid dienone is 3. The number of carbonyl (C=O) groups excluding carboxylic acids is 1. The van der Waals surface area contributed by atoms with Crippen LogP contribution in [0.15, 0.2) is 79.2 Å². The Bertz CT molecular complexity index is 1250. The predicted molar refractivity (Wildman–Crippen MR) is 114 cm³/mol. The van der Waals surface area contributed by atoms with Crippen molar-refractivity contribution in [3.05, 3.63) is 84.7 Å². The van der Waals surface area contributed by atoms with Gasteiger partial charge >= 0.3 is 0 Å². The molecule has 5 rings (SSSR count). The van der Waals surface area contributed by atoms with Crippen LogP contribution in [0.3, 0.4) is 0 Å². The number of nitrogens with zero attached hydrogens (tertiary/aromatic N) is 4. The van der Waals surface area contributed by atoms with Crippen LogP contribution in [0.25, 0.3) is 16.9 Å². The van der Waals surface area contributed by atoms with Crippen LogP contribution in [-0.4, -0.2) is 30.5 Å². The molecule has 0 atom stereocenters. The van der Waals surface area contributed by atoms with Crippen LogP contribution in [0.2, 0.25) is 0 Å². The predicted octanol–water partition coefficient (Wildman–Crippen LogP) is 3.83. The van der Waals surface area contributed by atoms with Gasteiger partial charge in [0.25, 0.3) is 5.91 Å². The minimum absolute atomic E-state index is 0.127. The number of rotatable bonds is 5. The molecular weight excluding hydrogens is 378 g/mol. The highest BCUT2D eigenvalue weighted by Gasteiger charge is 2.12. The summed E-state index contributed by atoms with van der Waals surface area (Å²) in [5.74, 6) is 0.500. The second kappa shape index (κ2) is 7.67. The Balaban J connectivity index is 1.35. The standard InChI is InChI=1S/C22H19N7O/c30-22(28-17-4-2-1-3-5-17)15-6-8-18(9-7-15)27-20-21-23-10-11-29(21)19(14-24-20)16-12-25-26-13-16/h2,4-14H,1,3H2,(H,24,27)(H,25,26)(H,28,30). The SMILES string of the molecule is O=C(NC1=CCCC=C1)c1ccc(Nc2ncc(-c3cn[nH]c3)n3ccnc23)cc1. The van der Waals surface area contributed by atoms with E-state index >= 15 is 0 Å². The van der Waals surface area contributed by atoms with Gasteiger partial charge in [-0.2, -0.15) is 5.10 Å². The van der Waals surface area contributed by atoms with Crippen molar-refractivity contribution < 1.29 is 4.79 Å². The molecule has 0 aliphatic heterocycles. The van der Waals surface area contributed by atoms with Crippen molar-refractivity contribution >= 4 is 23.1 Å². The van der Waals surface area contributed by atoms with Crippen LogP contribution in [-0.2, 0) is 0 Å². The quantitative estimate of drug-likeness (QED) is 0.475. The van der Waals surface area contributed by atoms with E-state index in [1.54, 1.807) is 30.7 Å². The van der Waals surface area contributed by atoms with E-state index in [9.17, 15) is 4.79 Å². The van der Waals surface area contributed by atoms with Crippen molar-refractivity contribution in [2.75, 3.05) is 5.32 Å². The first-order valence-electron chi connectivity index (χ1n) is 9.64. The van der Waals surface area contributed by atoms with E-state index in [4.69, 9.17) is 0 Å². The van der Waals surface area contributed by atoms with Crippen molar-refractivity contribution in [3.8, 4) is 11.3 Å². The number of benzene rings is 1. The monoisotopic (exact) mass is 397 g/mol. The number of aromatic amines is 1. The van der Waals surface area contributed by atoms with Crippen LogP contribution in [0.4, 0.5) is 11.5 Å². The van der Waals surface area contributed by atoms with Gasteiger partial charge in [0.05, 0.1) is 18.1 Å². The topological polar surface area (TPSA) is 100 Å². The maximum atomic E-state index is 12.4. The third kappa shape index (κ3) is 3.46. The van der Waals surface area contributed by atoms with Crippen molar-refractivity contribution in [2.45, 2.75) is 12.8 Å². The van der Waals surface area contributed by atoms with Gasteiger partial charge < -0.3 is 10.6 Å². The largest absolute Gasteiger partial charge is 0.337 e. The molecule has 3 N–H and O–H groups in total. The molecular formula is C22H19N7O. The maximum absolute atomic E-state index is 12.4. The molecule has 0 radical (unpaired) electrons. The molecule has 0 unspecified atom stereocenters. The molecule has 1 aliphatic carbocycles. The second-order valence-corrected chi connectivity index (χ2v) is 6.90. The third-order valence-corrected chi connectivity index (χ3v) is 4.88. The fourth-order valence-electron chi connectivity index (χ4n) is 3.36. The smallest absolute Gasteiger partial charge is 0.255 e. The Morgan fingerprint density at radius 1 is 1.10 bits per heavy atom. The lowest BCUT2D eigenvalue weighted by Crippen LogP contribution is -2.22. The molecule has 0 spiro atoms. The molecule has 148 valence electrons. The lowest BCUT2D eigenvalue weighted by Gasteiger charge is -2.11. The van der Waals surface area contributed by atoms with Gasteiger partial charge in [-0.05, 0) is 43.2 Å². The molecule has 4 aromatic rings. The zero-order chi connectivity index (χ0) is 20.3. The average Bonchev–Trinajstić information content (AvgIpc) is 3.48. The van der Waals surface area contributed by atoms with Gasteiger partial charge in [-0.1, -0.05) is 12.2 Å². The average molecular weight is 397 g/mol. The van der Waals surface area contributed by atoms with Crippen LogP contribution in [0, 0.1) is 0 Å².